The van der Waals surface area contributed by atoms with Gasteiger partial charge in [0.15, 0.2) is 5.82 Å². The minimum atomic E-state index is -0.0390. The van der Waals surface area contributed by atoms with Gasteiger partial charge in [0, 0.05) is 17.8 Å². The first-order valence-corrected chi connectivity index (χ1v) is 10.5. The third-order valence-corrected chi connectivity index (χ3v) is 5.65. The standard InChI is InChI=1S/C24H28N4O2/c1-16-6-9-19(10-7-16)24-26-22(27-30-24)15-28-12-4-5-20(14-28)23(29)25-21-11-8-17(2)13-18(21)3/h6-11,13,20H,4-5,12,14-15H2,1-3H3,(H,25,29)/t20-/m0/s1. The molecule has 1 atom stereocenters. The third-order valence-electron chi connectivity index (χ3n) is 5.65. The number of piperidine rings is 1. The van der Waals surface area contributed by atoms with Crippen LogP contribution in [0.25, 0.3) is 11.5 Å². The Morgan fingerprint density at radius 1 is 1.13 bits per heavy atom. The molecule has 1 N–H and O–H groups in total. The number of nitrogens with one attached hydrogen (secondary N) is 1. The molecule has 0 radical (unpaired) electrons. The molecule has 1 amide bonds. The van der Waals surface area contributed by atoms with Gasteiger partial charge in [0.1, 0.15) is 0 Å². The summed E-state index contributed by atoms with van der Waals surface area (Å²) in [6.07, 6.45) is 1.88. The lowest BCUT2D eigenvalue weighted by molar-refractivity contribution is -0.121. The van der Waals surface area contributed by atoms with Gasteiger partial charge in [0.2, 0.25) is 5.91 Å². The van der Waals surface area contributed by atoms with Crippen LogP contribution in [0.4, 0.5) is 5.69 Å². The SMILES string of the molecule is Cc1ccc(-c2nc(CN3CCC[C@H](C(=O)Nc4ccc(C)cc4C)C3)no2)cc1. The molecule has 0 aliphatic carbocycles. The summed E-state index contributed by atoms with van der Waals surface area (Å²) < 4.78 is 5.44. The van der Waals surface area contributed by atoms with E-state index in [1.54, 1.807) is 0 Å². The summed E-state index contributed by atoms with van der Waals surface area (Å²) >= 11 is 0. The van der Waals surface area contributed by atoms with Crippen molar-refractivity contribution in [1.29, 1.82) is 0 Å². The number of carbonyl (C=O) groups is 1. The lowest BCUT2D eigenvalue weighted by atomic mass is 9.96. The second kappa shape index (κ2) is 8.79. The van der Waals surface area contributed by atoms with Crippen LogP contribution < -0.4 is 5.32 Å². The first kappa shape index (κ1) is 20.3. The average Bonchev–Trinajstić information content (AvgIpc) is 3.19. The molecule has 1 saturated heterocycles. The fourth-order valence-electron chi connectivity index (χ4n) is 3.93. The summed E-state index contributed by atoms with van der Waals surface area (Å²) in [7, 11) is 0. The van der Waals surface area contributed by atoms with Crippen molar-refractivity contribution >= 4 is 11.6 Å². The highest BCUT2D eigenvalue weighted by atomic mass is 16.5. The molecule has 0 bridgehead atoms. The van der Waals surface area contributed by atoms with Gasteiger partial charge in [-0.25, -0.2) is 0 Å². The highest BCUT2D eigenvalue weighted by Gasteiger charge is 2.27. The van der Waals surface area contributed by atoms with Gasteiger partial charge < -0.3 is 9.84 Å². The molecule has 2 heterocycles. The number of amides is 1. The number of benzene rings is 2. The highest BCUT2D eigenvalue weighted by Crippen LogP contribution is 2.23. The summed E-state index contributed by atoms with van der Waals surface area (Å²) in [6.45, 7) is 8.35. The van der Waals surface area contributed by atoms with E-state index in [-0.39, 0.29) is 11.8 Å². The Labute approximate surface area is 177 Å². The molecule has 156 valence electrons. The van der Waals surface area contributed by atoms with Crippen molar-refractivity contribution in [3.63, 3.8) is 0 Å². The second-order valence-electron chi connectivity index (χ2n) is 8.26. The first-order valence-electron chi connectivity index (χ1n) is 10.5. The minimum Gasteiger partial charge on any atom is -0.334 e. The summed E-state index contributed by atoms with van der Waals surface area (Å²) in [4.78, 5) is 19.6. The largest absolute Gasteiger partial charge is 0.334 e. The zero-order valence-corrected chi connectivity index (χ0v) is 17.8. The van der Waals surface area contributed by atoms with Crippen molar-refractivity contribution in [3.05, 3.63) is 65.0 Å². The molecule has 2 aromatic carbocycles. The number of anilines is 1. The first-order chi connectivity index (χ1) is 14.5. The van der Waals surface area contributed by atoms with E-state index in [4.69, 9.17) is 4.52 Å². The second-order valence-corrected chi connectivity index (χ2v) is 8.26. The maximum Gasteiger partial charge on any atom is 0.257 e. The zero-order chi connectivity index (χ0) is 21.1. The van der Waals surface area contributed by atoms with Gasteiger partial charge in [-0.2, -0.15) is 4.98 Å². The monoisotopic (exact) mass is 404 g/mol. The van der Waals surface area contributed by atoms with Crippen molar-refractivity contribution in [3.8, 4) is 11.5 Å². The van der Waals surface area contributed by atoms with Crippen LogP contribution in [-0.2, 0) is 11.3 Å². The number of hydrogen-bond acceptors (Lipinski definition) is 5. The van der Waals surface area contributed by atoms with E-state index in [9.17, 15) is 4.79 Å². The fraction of sp³-hybridized carbons (Fsp3) is 0.375. The highest BCUT2D eigenvalue weighted by molar-refractivity contribution is 5.93. The Morgan fingerprint density at radius 2 is 1.90 bits per heavy atom. The van der Waals surface area contributed by atoms with E-state index in [0.29, 0.717) is 24.8 Å². The van der Waals surface area contributed by atoms with Gasteiger partial charge >= 0.3 is 0 Å². The summed E-state index contributed by atoms with van der Waals surface area (Å²) in [5.74, 6) is 1.23. The molecule has 3 aromatic rings. The van der Waals surface area contributed by atoms with E-state index < -0.39 is 0 Å². The minimum absolute atomic E-state index is 0.0390. The predicted molar refractivity (Wildman–Crippen MR) is 117 cm³/mol. The van der Waals surface area contributed by atoms with Crippen molar-refractivity contribution in [2.45, 2.75) is 40.2 Å². The van der Waals surface area contributed by atoms with Gasteiger partial charge in [0.05, 0.1) is 12.5 Å². The Kier molecular flexibility index (Phi) is 5.95. The number of rotatable bonds is 5. The zero-order valence-electron chi connectivity index (χ0n) is 17.8. The van der Waals surface area contributed by atoms with E-state index >= 15 is 0 Å². The Hall–Kier alpha value is -2.99. The normalized spacial score (nSPS) is 17.1. The van der Waals surface area contributed by atoms with Crippen LogP contribution >= 0.6 is 0 Å². The number of carbonyl (C=O) groups excluding carboxylic acids is 1. The molecule has 0 saturated carbocycles. The molecule has 6 nitrogen and oxygen atoms in total. The van der Waals surface area contributed by atoms with Crippen LogP contribution in [0.3, 0.4) is 0 Å². The average molecular weight is 405 g/mol. The summed E-state index contributed by atoms with van der Waals surface area (Å²) in [6, 6.07) is 14.1. The van der Waals surface area contributed by atoms with Crippen LogP contribution in [0.5, 0.6) is 0 Å². The van der Waals surface area contributed by atoms with Crippen LogP contribution in [0, 0.1) is 26.7 Å². The van der Waals surface area contributed by atoms with Crippen LogP contribution in [-0.4, -0.2) is 34.0 Å². The van der Waals surface area contributed by atoms with Crippen LogP contribution in [0.2, 0.25) is 0 Å². The lowest BCUT2D eigenvalue weighted by Gasteiger charge is -2.31. The Balaban J connectivity index is 1.37. The van der Waals surface area contributed by atoms with Crippen molar-refractivity contribution < 1.29 is 9.32 Å². The predicted octanol–water partition coefficient (Wildman–Crippen LogP) is 4.51. The van der Waals surface area contributed by atoms with E-state index in [0.717, 1.165) is 36.2 Å². The molecule has 30 heavy (non-hydrogen) atoms. The van der Waals surface area contributed by atoms with Gasteiger partial charge in [0.25, 0.3) is 5.89 Å². The number of hydrogen-bond donors (Lipinski definition) is 1. The van der Waals surface area contributed by atoms with E-state index in [2.05, 4.69) is 33.3 Å². The maximum atomic E-state index is 12.8. The van der Waals surface area contributed by atoms with Gasteiger partial charge in [-0.15, -0.1) is 0 Å². The molecule has 6 heteroatoms. The quantitative estimate of drug-likeness (QED) is 0.677. The topological polar surface area (TPSA) is 71.3 Å². The van der Waals surface area contributed by atoms with Gasteiger partial charge in [-0.05, 0) is 63.9 Å². The maximum absolute atomic E-state index is 12.8. The lowest BCUT2D eigenvalue weighted by Crippen LogP contribution is -2.40. The molecule has 1 aliphatic heterocycles. The summed E-state index contributed by atoms with van der Waals surface area (Å²) in [5.41, 5.74) is 5.29. The van der Waals surface area contributed by atoms with Crippen molar-refractivity contribution in [2.75, 3.05) is 18.4 Å². The molecule has 1 aliphatic rings. The van der Waals surface area contributed by atoms with Crippen LogP contribution in [0.1, 0.15) is 35.4 Å². The molecular weight excluding hydrogens is 376 g/mol. The molecular formula is C24H28N4O2. The van der Waals surface area contributed by atoms with Gasteiger partial charge in [-0.1, -0.05) is 40.5 Å². The van der Waals surface area contributed by atoms with E-state index in [1.807, 2.05) is 50.2 Å². The number of nitrogens with zero attached hydrogens (tertiary/aromatic N) is 3. The number of likely N-dealkylation sites (tertiary alicyclic amines) is 1. The smallest absolute Gasteiger partial charge is 0.257 e. The van der Waals surface area contributed by atoms with Crippen LogP contribution in [0.15, 0.2) is 47.0 Å². The van der Waals surface area contributed by atoms with Gasteiger partial charge in [-0.3, -0.25) is 9.69 Å². The number of aryl methyl sites for hydroxylation is 3. The summed E-state index contributed by atoms with van der Waals surface area (Å²) in [5, 5.41) is 7.24. The molecule has 4 rings (SSSR count). The Bertz CT molecular complexity index is 1030. The number of aromatic nitrogens is 2. The Morgan fingerprint density at radius 3 is 2.67 bits per heavy atom. The molecule has 0 unspecified atom stereocenters. The third kappa shape index (κ3) is 4.76. The van der Waals surface area contributed by atoms with E-state index in [1.165, 1.54) is 11.1 Å². The van der Waals surface area contributed by atoms with Crippen molar-refractivity contribution in [1.82, 2.24) is 15.0 Å². The fourth-order valence-corrected chi connectivity index (χ4v) is 3.93. The molecule has 1 fully saturated rings. The molecule has 0 spiro atoms. The van der Waals surface area contributed by atoms with Crippen molar-refractivity contribution in [2.24, 2.45) is 5.92 Å². The molecule has 1 aromatic heterocycles.